The number of rotatable bonds is 5. The lowest BCUT2D eigenvalue weighted by atomic mass is 10.2. The molecule has 0 atom stereocenters. The minimum absolute atomic E-state index is 0.296. The van der Waals surface area contributed by atoms with E-state index >= 15 is 0 Å². The molecule has 0 aliphatic carbocycles. The zero-order chi connectivity index (χ0) is 10.6. The molecule has 1 aromatic heterocycles. The molecule has 1 heterocycles. The SMILES string of the molecule is CSC(C)(C)CNCc1nc[nH]c1C. The van der Waals surface area contributed by atoms with E-state index < -0.39 is 0 Å². The number of imidazole rings is 1. The van der Waals surface area contributed by atoms with Crippen LogP contribution >= 0.6 is 11.8 Å². The molecule has 0 aliphatic rings. The lowest BCUT2D eigenvalue weighted by Crippen LogP contribution is -2.31. The van der Waals surface area contributed by atoms with Crippen molar-refractivity contribution in [2.75, 3.05) is 12.8 Å². The quantitative estimate of drug-likeness (QED) is 0.785. The highest BCUT2D eigenvalue weighted by Crippen LogP contribution is 2.19. The number of hydrogen-bond donors (Lipinski definition) is 2. The third kappa shape index (κ3) is 3.35. The van der Waals surface area contributed by atoms with Crippen LogP contribution in [0.1, 0.15) is 25.2 Å². The first-order chi connectivity index (χ1) is 6.55. The van der Waals surface area contributed by atoms with Crippen LogP contribution in [0.4, 0.5) is 0 Å². The molecular weight excluding hydrogens is 194 g/mol. The third-order valence-corrected chi connectivity index (χ3v) is 3.58. The van der Waals surface area contributed by atoms with Crippen LogP contribution in [0.5, 0.6) is 0 Å². The predicted molar refractivity (Wildman–Crippen MR) is 62.6 cm³/mol. The van der Waals surface area contributed by atoms with E-state index in [4.69, 9.17) is 0 Å². The molecule has 1 aromatic rings. The minimum Gasteiger partial charge on any atom is -0.348 e. The fourth-order valence-corrected chi connectivity index (χ4v) is 1.37. The van der Waals surface area contributed by atoms with Gasteiger partial charge in [-0.3, -0.25) is 0 Å². The van der Waals surface area contributed by atoms with Crippen molar-refractivity contribution in [2.24, 2.45) is 0 Å². The monoisotopic (exact) mass is 213 g/mol. The molecule has 3 nitrogen and oxygen atoms in total. The van der Waals surface area contributed by atoms with Crippen molar-refractivity contribution in [2.45, 2.75) is 32.1 Å². The second-order valence-corrected chi connectivity index (χ2v) is 5.56. The van der Waals surface area contributed by atoms with Gasteiger partial charge in [-0.2, -0.15) is 11.8 Å². The molecule has 0 amide bonds. The fourth-order valence-electron chi connectivity index (χ4n) is 1.12. The molecule has 0 aromatic carbocycles. The average molecular weight is 213 g/mol. The maximum Gasteiger partial charge on any atom is 0.0925 e. The van der Waals surface area contributed by atoms with Gasteiger partial charge in [-0.15, -0.1) is 0 Å². The zero-order valence-corrected chi connectivity index (χ0v) is 10.2. The van der Waals surface area contributed by atoms with E-state index in [2.05, 4.69) is 35.4 Å². The first-order valence-electron chi connectivity index (χ1n) is 4.80. The molecule has 0 aliphatic heterocycles. The highest BCUT2D eigenvalue weighted by atomic mass is 32.2. The number of nitrogens with zero attached hydrogens (tertiary/aromatic N) is 1. The van der Waals surface area contributed by atoms with Crippen molar-refractivity contribution in [1.82, 2.24) is 15.3 Å². The third-order valence-electron chi connectivity index (χ3n) is 2.33. The lowest BCUT2D eigenvalue weighted by molar-refractivity contribution is 0.585. The fraction of sp³-hybridized carbons (Fsp3) is 0.700. The van der Waals surface area contributed by atoms with Gasteiger partial charge in [0.05, 0.1) is 12.0 Å². The average Bonchev–Trinajstić information content (AvgIpc) is 2.52. The molecule has 80 valence electrons. The summed E-state index contributed by atoms with van der Waals surface area (Å²) >= 11 is 1.88. The van der Waals surface area contributed by atoms with E-state index in [9.17, 15) is 0 Å². The number of nitrogens with one attached hydrogen (secondary N) is 2. The van der Waals surface area contributed by atoms with Gasteiger partial charge in [-0.25, -0.2) is 4.98 Å². The Bertz CT molecular complexity index is 281. The molecule has 0 spiro atoms. The van der Waals surface area contributed by atoms with Crippen LogP contribution in [0.2, 0.25) is 0 Å². The van der Waals surface area contributed by atoms with E-state index in [1.165, 1.54) is 0 Å². The summed E-state index contributed by atoms with van der Waals surface area (Å²) in [7, 11) is 0. The molecule has 14 heavy (non-hydrogen) atoms. The highest BCUT2D eigenvalue weighted by molar-refractivity contribution is 7.99. The van der Waals surface area contributed by atoms with Crippen LogP contribution in [-0.4, -0.2) is 27.5 Å². The van der Waals surface area contributed by atoms with Crippen molar-refractivity contribution in [3.05, 3.63) is 17.7 Å². The Hall–Kier alpha value is -0.480. The number of aromatic amines is 1. The van der Waals surface area contributed by atoms with Gasteiger partial charge >= 0.3 is 0 Å². The summed E-state index contributed by atoms with van der Waals surface area (Å²) < 4.78 is 0.296. The number of hydrogen-bond acceptors (Lipinski definition) is 3. The normalized spacial score (nSPS) is 12.0. The van der Waals surface area contributed by atoms with Crippen LogP contribution in [0.25, 0.3) is 0 Å². The van der Waals surface area contributed by atoms with Crippen LogP contribution in [-0.2, 0) is 6.54 Å². The summed E-state index contributed by atoms with van der Waals surface area (Å²) in [5.74, 6) is 0. The molecule has 0 unspecified atom stereocenters. The Morgan fingerprint density at radius 1 is 1.57 bits per heavy atom. The summed E-state index contributed by atoms with van der Waals surface area (Å²) in [6.45, 7) is 8.37. The topological polar surface area (TPSA) is 40.7 Å². The summed E-state index contributed by atoms with van der Waals surface area (Å²) in [6, 6.07) is 0. The summed E-state index contributed by atoms with van der Waals surface area (Å²) in [5.41, 5.74) is 2.27. The number of H-pyrrole nitrogens is 1. The van der Waals surface area contributed by atoms with Crippen LogP contribution in [0.3, 0.4) is 0 Å². The molecule has 0 saturated heterocycles. The Morgan fingerprint density at radius 2 is 2.29 bits per heavy atom. The van der Waals surface area contributed by atoms with Gasteiger partial charge in [0.25, 0.3) is 0 Å². The van der Waals surface area contributed by atoms with Crippen LogP contribution < -0.4 is 5.32 Å². The zero-order valence-electron chi connectivity index (χ0n) is 9.35. The van der Waals surface area contributed by atoms with Gasteiger partial charge < -0.3 is 10.3 Å². The first-order valence-corrected chi connectivity index (χ1v) is 6.02. The number of aromatic nitrogens is 2. The predicted octanol–water partition coefficient (Wildman–Crippen LogP) is 1.95. The molecule has 0 bridgehead atoms. The van der Waals surface area contributed by atoms with E-state index in [0.717, 1.165) is 24.5 Å². The number of aryl methyl sites for hydroxylation is 1. The van der Waals surface area contributed by atoms with Gasteiger partial charge in [0.1, 0.15) is 0 Å². The standard InChI is InChI=1S/C10H19N3S/c1-8-9(13-7-12-8)5-11-6-10(2,3)14-4/h7,11H,5-6H2,1-4H3,(H,12,13). The molecular formula is C10H19N3S. The van der Waals surface area contributed by atoms with Crippen molar-refractivity contribution in [1.29, 1.82) is 0 Å². The second-order valence-electron chi connectivity index (χ2n) is 4.04. The molecule has 0 fully saturated rings. The molecule has 2 N–H and O–H groups in total. The van der Waals surface area contributed by atoms with Gasteiger partial charge in [0.2, 0.25) is 0 Å². The smallest absolute Gasteiger partial charge is 0.0925 e. The van der Waals surface area contributed by atoms with Crippen molar-refractivity contribution < 1.29 is 0 Å². The molecule has 4 heteroatoms. The minimum atomic E-state index is 0.296. The Labute approximate surface area is 90.1 Å². The summed E-state index contributed by atoms with van der Waals surface area (Å²) in [4.78, 5) is 7.31. The highest BCUT2D eigenvalue weighted by Gasteiger charge is 2.15. The van der Waals surface area contributed by atoms with Crippen molar-refractivity contribution in [3.63, 3.8) is 0 Å². The number of thioether (sulfide) groups is 1. The Balaban J connectivity index is 2.32. The van der Waals surface area contributed by atoms with Gasteiger partial charge in [0.15, 0.2) is 0 Å². The maximum atomic E-state index is 4.24. The van der Waals surface area contributed by atoms with Gasteiger partial charge in [0, 0.05) is 23.5 Å². The maximum absolute atomic E-state index is 4.24. The Morgan fingerprint density at radius 3 is 2.79 bits per heavy atom. The van der Waals surface area contributed by atoms with Crippen molar-refractivity contribution in [3.8, 4) is 0 Å². The Kier molecular flexibility index (Phi) is 4.01. The van der Waals surface area contributed by atoms with Crippen LogP contribution in [0, 0.1) is 6.92 Å². The van der Waals surface area contributed by atoms with Crippen molar-refractivity contribution >= 4 is 11.8 Å². The first kappa shape index (κ1) is 11.6. The summed E-state index contributed by atoms with van der Waals surface area (Å²) in [6.07, 6.45) is 3.88. The van der Waals surface area contributed by atoms with Gasteiger partial charge in [-0.05, 0) is 27.0 Å². The molecule has 1 rings (SSSR count). The van der Waals surface area contributed by atoms with E-state index in [1.54, 1.807) is 6.33 Å². The van der Waals surface area contributed by atoms with Gasteiger partial charge in [-0.1, -0.05) is 0 Å². The summed E-state index contributed by atoms with van der Waals surface area (Å²) in [5, 5.41) is 3.42. The molecule has 0 radical (unpaired) electrons. The van der Waals surface area contributed by atoms with E-state index in [0.29, 0.717) is 4.75 Å². The van der Waals surface area contributed by atoms with Crippen LogP contribution in [0.15, 0.2) is 6.33 Å². The van der Waals surface area contributed by atoms with E-state index in [-0.39, 0.29) is 0 Å². The largest absolute Gasteiger partial charge is 0.348 e. The lowest BCUT2D eigenvalue weighted by Gasteiger charge is -2.22. The van der Waals surface area contributed by atoms with E-state index in [1.807, 2.05) is 18.7 Å². The second kappa shape index (κ2) is 4.84. The molecule has 0 saturated carbocycles.